The third-order valence-corrected chi connectivity index (χ3v) is 2.38. The molecule has 0 amide bonds. The molecular formula is C10H9ClFN3. The maximum atomic E-state index is 12.9. The van der Waals surface area contributed by atoms with E-state index in [1.54, 1.807) is 24.0 Å². The Hall–Kier alpha value is -1.55. The van der Waals surface area contributed by atoms with Gasteiger partial charge in [0.1, 0.15) is 5.82 Å². The van der Waals surface area contributed by atoms with Crippen molar-refractivity contribution in [2.45, 2.75) is 0 Å². The van der Waals surface area contributed by atoms with Crippen LogP contribution in [0.3, 0.4) is 0 Å². The smallest absolute Gasteiger partial charge is 0.153 e. The third-order valence-electron chi connectivity index (χ3n) is 2.09. The van der Waals surface area contributed by atoms with Gasteiger partial charge in [0.15, 0.2) is 5.82 Å². The second-order valence-corrected chi connectivity index (χ2v) is 3.64. The van der Waals surface area contributed by atoms with E-state index in [0.29, 0.717) is 5.82 Å². The van der Waals surface area contributed by atoms with Crippen molar-refractivity contribution in [1.82, 2.24) is 9.78 Å². The number of aryl methyl sites for hydroxylation is 1. The molecule has 2 aromatic rings. The Kier molecular flexibility index (Phi) is 2.36. The molecule has 0 spiro atoms. The molecule has 0 aliphatic carbocycles. The number of halogens is 2. The summed E-state index contributed by atoms with van der Waals surface area (Å²) in [5.74, 6) is -0.0388. The Morgan fingerprint density at radius 1 is 1.47 bits per heavy atom. The molecule has 1 aromatic heterocycles. The first-order chi connectivity index (χ1) is 7.08. The van der Waals surface area contributed by atoms with Crippen molar-refractivity contribution in [2.24, 2.45) is 7.05 Å². The highest BCUT2D eigenvalue weighted by Gasteiger charge is 2.08. The van der Waals surface area contributed by atoms with Gasteiger partial charge >= 0.3 is 0 Å². The highest BCUT2D eigenvalue weighted by Crippen LogP contribution is 2.28. The minimum Gasteiger partial charge on any atom is -0.382 e. The molecule has 2 rings (SSSR count). The minimum atomic E-state index is -0.442. The first kappa shape index (κ1) is 9.98. The molecule has 1 heterocycles. The molecule has 5 heteroatoms. The molecule has 2 N–H and O–H groups in total. The summed E-state index contributed by atoms with van der Waals surface area (Å²) in [6.07, 6.45) is 1.76. The van der Waals surface area contributed by atoms with Crippen molar-refractivity contribution >= 4 is 17.4 Å². The van der Waals surface area contributed by atoms with Gasteiger partial charge in [-0.05, 0) is 17.7 Å². The zero-order valence-electron chi connectivity index (χ0n) is 8.04. The van der Waals surface area contributed by atoms with Crippen molar-refractivity contribution < 1.29 is 4.39 Å². The van der Waals surface area contributed by atoms with Gasteiger partial charge in [-0.2, -0.15) is 5.10 Å². The second-order valence-electron chi connectivity index (χ2n) is 3.23. The van der Waals surface area contributed by atoms with Crippen LogP contribution in [-0.2, 0) is 7.05 Å². The van der Waals surface area contributed by atoms with E-state index in [2.05, 4.69) is 5.10 Å². The fourth-order valence-electron chi connectivity index (χ4n) is 1.39. The van der Waals surface area contributed by atoms with Crippen molar-refractivity contribution in [1.29, 1.82) is 0 Å². The number of hydrogen-bond acceptors (Lipinski definition) is 2. The number of nitrogens with two attached hydrogens (primary N) is 1. The molecule has 0 bridgehead atoms. The summed E-state index contributed by atoms with van der Waals surface area (Å²) in [5, 5.41) is 4.08. The molecule has 15 heavy (non-hydrogen) atoms. The second kappa shape index (κ2) is 3.55. The van der Waals surface area contributed by atoms with Crippen LogP contribution in [0.1, 0.15) is 0 Å². The first-order valence-corrected chi connectivity index (χ1v) is 4.70. The Balaban J connectivity index is 2.54. The lowest BCUT2D eigenvalue weighted by molar-refractivity contribution is 0.628. The molecule has 1 aromatic carbocycles. The normalized spacial score (nSPS) is 10.6. The molecule has 0 saturated heterocycles. The number of aromatic nitrogens is 2. The van der Waals surface area contributed by atoms with Crippen molar-refractivity contribution in [3.05, 3.63) is 35.2 Å². The monoisotopic (exact) mass is 225 g/mol. The van der Waals surface area contributed by atoms with E-state index in [1.807, 2.05) is 0 Å². The number of anilines is 1. The van der Waals surface area contributed by atoms with E-state index in [9.17, 15) is 4.39 Å². The summed E-state index contributed by atoms with van der Waals surface area (Å²) in [5.41, 5.74) is 7.20. The Bertz CT molecular complexity index is 507. The van der Waals surface area contributed by atoms with Gasteiger partial charge in [0.2, 0.25) is 0 Å². The average Bonchev–Trinajstić information content (AvgIpc) is 2.50. The van der Waals surface area contributed by atoms with Crippen LogP contribution in [0.2, 0.25) is 5.02 Å². The first-order valence-electron chi connectivity index (χ1n) is 4.32. The zero-order chi connectivity index (χ0) is 11.0. The van der Waals surface area contributed by atoms with Gasteiger partial charge in [-0.1, -0.05) is 17.7 Å². The third kappa shape index (κ3) is 1.80. The van der Waals surface area contributed by atoms with Crippen molar-refractivity contribution in [3.8, 4) is 11.1 Å². The molecule has 3 nitrogen and oxygen atoms in total. The van der Waals surface area contributed by atoms with Gasteiger partial charge in [-0.25, -0.2) is 4.39 Å². The molecule has 0 aliphatic rings. The fraction of sp³-hybridized carbons (Fsp3) is 0.100. The van der Waals surface area contributed by atoms with E-state index in [0.717, 1.165) is 11.1 Å². The summed E-state index contributed by atoms with van der Waals surface area (Å²) in [6.45, 7) is 0. The molecular weight excluding hydrogens is 217 g/mol. The topological polar surface area (TPSA) is 43.8 Å². The van der Waals surface area contributed by atoms with Crippen LogP contribution in [0, 0.1) is 5.82 Å². The molecule has 78 valence electrons. The lowest BCUT2D eigenvalue weighted by Crippen LogP contribution is -1.90. The van der Waals surface area contributed by atoms with Gasteiger partial charge in [0.05, 0.1) is 5.02 Å². The maximum Gasteiger partial charge on any atom is 0.153 e. The predicted molar refractivity (Wildman–Crippen MR) is 58.0 cm³/mol. The van der Waals surface area contributed by atoms with E-state index in [1.165, 1.54) is 12.1 Å². The Morgan fingerprint density at radius 2 is 2.20 bits per heavy atom. The number of rotatable bonds is 1. The molecule has 0 radical (unpaired) electrons. The highest BCUT2D eigenvalue weighted by atomic mass is 35.5. The van der Waals surface area contributed by atoms with Crippen molar-refractivity contribution in [3.63, 3.8) is 0 Å². The van der Waals surface area contributed by atoms with Crippen LogP contribution in [0.4, 0.5) is 10.2 Å². The van der Waals surface area contributed by atoms with Gasteiger partial charge in [-0.3, -0.25) is 4.68 Å². The van der Waals surface area contributed by atoms with Gasteiger partial charge < -0.3 is 5.73 Å². The summed E-state index contributed by atoms with van der Waals surface area (Å²) in [7, 11) is 1.77. The zero-order valence-corrected chi connectivity index (χ0v) is 8.79. The maximum absolute atomic E-state index is 12.9. The predicted octanol–water partition coefficient (Wildman–Crippen LogP) is 2.46. The molecule has 0 fully saturated rings. The van der Waals surface area contributed by atoms with E-state index < -0.39 is 5.82 Å². The van der Waals surface area contributed by atoms with E-state index in [4.69, 9.17) is 17.3 Å². The quantitative estimate of drug-likeness (QED) is 0.810. The largest absolute Gasteiger partial charge is 0.382 e. The Labute approximate surface area is 91.3 Å². The van der Waals surface area contributed by atoms with Crippen molar-refractivity contribution in [2.75, 3.05) is 5.73 Å². The number of nitrogen functional groups attached to an aromatic ring is 1. The van der Waals surface area contributed by atoms with Crippen LogP contribution in [0.15, 0.2) is 24.4 Å². The summed E-state index contributed by atoms with van der Waals surface area (Å²) in [6, 6.07) is 4.46. The SMILES string of the molecule is Cn1cc(-c2ccc(F)c(Cl)c2)c(N)n1. The van der Waals surface area contributed by atoms with Gasteiger partial charge in [0.25, 0.3) is 0 Å². The molecule has 0 aliphatic heterocycles. The summed E-state index contributed by atoms with van der Waals surface area (Å²) in [4.78, 5) is 0. The minimum absolute atomic E-state index is 0.0794. The number of nitrogens with zero attached hydrogens (tertiary/aromatic N) is 2. The molecule has 0 unspecified atom stereocenters. The summed E-state index contributed by atoms with van der Waals surface area (Å²) < 4.78 is 14.5. The van der Waals surface area contributed by atoms with Gasteiger partial charge in [0, 0.05) is 18.8 Å². The van der Waals surface area contributed by atoms with E-state index in [-0.39, 0.29) is 5.02 Å². The van der Waals surface area contributed by atoms with Crippen LogP contribution >= 0.6 is 11.6 Å². The fourth-order valence-corrected chi connectivity index (χ4v) is 1.57. The lowest BCUT2D eigenvalue weighted by atomic mass is 10.1. The standard InChI is InChI=1S/C10H9ClFN3/c1-15-5-7(10(13)14-15)6-2-3-9(12)8(11)4-6/h2-5H,1H3,(H2,13,14). The Morgan fingerprint density at radius 3 is 2.73 bits per heavy atom. The van der Waals surface area contributed by atoms with Gasteiger partial charge in [-0.15, -0.1) is 0 Å². The van der Waals surface area contributed by atoms with Crippen LogP contribution < -0.4 is 5.73 Å². The molecule has 0 atom stereocenters. The van der Waals surface area contributed by atoms with Crippen LogP contribution in [-0.4, -0.2) is 9.78 Å². The number of benzene rings is 1. The average molecular weight is 226 g/mol. The van der Waals surface area contributed by atoms with E-state index >= 15 is 0 Å². The molecule has 0 saturated carbocycles. The lowest BCUT2D eigenvalue weighted by Gasteiger charge is -2.00. The van der Waals surface area contributed by atoms with Crippen LogP contribution in [0.5, 0.6) is 0 Å². The summed E-state index contributed by atoms with van der Waals surface area (Å²) >= 11 is 5.68. The highest BCUT2D eigenvalue weighted by molar-refractivity contribution is 6.31. The number of hydrogen-bond donors (Lipinski definition) is 1. The van der Waals surface area contributed by atoms with Crippen LogP contribution in [0.25, 0.3) is 11.1 Å².